The van der Waals surface area contributed by atoms with Crippen LogP contribution in [0.15, 0.2) is 29.2 Å². The van der Waals surface area contributed by atoms with Gasteiger partial charge in [0.05, 0.1) is 11.1 Å². The molecule has 1 fully saturated rings. The molecule has 0 saturated heterocycles. The van der Waals surface area contributed by atoms with Gasteiger partial charge in [0.1, 0.15) is 4.33 Å². The van der Waals surface area contributed by atoms with E-state index in [1.54, 1.807) is 25.1 Å². The lowest BCUT2D eigenvalue weighted by Gasteiger charge is -2.15. The molecule has 0 heterocycles. The van der Waals surface area contributed by atoms with E-state index in [9.17, 15) is 13.6 Å². The fourth-order valence-corrected chi connectivity index (χ4v) is 2.98. The van der Waals surface area contributed by atoms with E-state index in [1.807, 2.05) is 0 Å². The molecule has 2 rings (SSSR count). The van der Waals surface area contributed by atoms with Gasteiger partial charge in [0, 0.05) is 4.90 Å². The van der Waals surface area contributed by atoms with Crippen LogP contribution in [0.3, 0.4) is 0 Å². The summed E-state index contributed by atoms with van der Waals surface area (Å²) in [6, 6.07) is 6.39. The van der Waals surface area contributed by atoms with Crippen molar-refractivity contribution >= 4 is 46.6 Å². The van der Waals surface area contributed by atoms with Crippen LogP contribution >= 0.6 is 35.0 Å². The fraction of sp³-hybridized carbons (Fsp3) is 0.417. The average Bonchev–Trinajstić information content (AvgIpc) is 2.82. The molecule has 1 unspecified atom stereocenters. The lowest BCUT2D eigenvalue weighted by molar-refractivity contribution is -0.120. The van der Waals surface area contributed by atoms with Gasteiger partial charge in [0.25, 0.3) is 5.76 Å². The number of nitrogens with one attached hydrogen (secondary N) is 1. The van der Waals surface area contributed by atoms with E-state index >= 15 is 0 Å². The third-order valence-corrected chi connectivity index (χ3v) is 5.00. The molecule has 1 aliphatic carbocycles. The Hall–Kier alpha value is -0.520. The highest BCUT2D eigenvalue weighted by Gasteiger charge is 2.67. The van der Waals surface area contributed by atoms with E-state index in [0.29, 0.717) is 28.8 Å². The average molecular weight is 326 g/mol. The second-order valence-corrected chi connectivity index (χ2v) is 7.06. The molecule has 0 aliphatic heterocycles. The Balaban J connectivity index is 2.14. The molecule has 1 aliphatic rings. The number of hydrogen-bond donors (Lipinski definition) is 1. The molecule has 0 bridgehead atoms. The number of amides is 1. The first-order valence-electron chi connectivity index (χ1n) is 5.49. The van der Waals surface area contributed by atoms with Gasteiger partial charge in [-0.15, -0.1) is 23.2 Å². The molecule has 0 aromatic heterocycles. The first kappa shape index (κ1) is 14.9. The summed E-state index contributed by atoms with van der Waals surface area (Å²) in [7, 11) is 0. The molecule has 1 aromatic carbocycles. The van der Waals surface area contributed by atoms with Gasteiger partial charge in [-0.1, -0.05) is 23.9 Å². The minimum absolute atomic E-state index is 0.310. The molecule has 0 radical (unpaired) electrons. The Kier molecular flexibility index (Phi) is 4.00. The maximum atomic E-state index is 12.4. The molecule has 1 amide bonds. The number of para-hydroxylation sites is 1. The van der Waals surface area contributed by atoms with E-state index < -0.39 is 15.5 Å². The molecule has 19 heavy (non-hydrogen) atoms. The summed E-state index contributed by atoms with van der Waals surface area (Å²) in [5, 5.41) is 2.61. The normalized spacial score (nSPS) is 24.3. The molecule has 1 aromatic rings. The second kappa shape index (κ2) is 5.11. The van der Waals surface area contributed by atoms with Crippen LogP contribution in [0.5, 0.6) is 0 Å². The SMILES string of the molecule is CC1(C(=O)Nc2ccccc2SC(F)F)CC1(Cl)Cl. The largest absolute Gasteiger partial charge is 0.324 e. The second-order valence-electron chi connectivity index (χ2n) is 4.54. The smallest absolute Gasteiger partial charge is 0.288 e. The molecule has 1 N–H and O–H groups in total. The molecular weight excluding hydrogens is 315 g/mol. The number of hydrogen-bond acceptors (Lipinski definition) is 2. The Bertz CT molecular complexity index is 512. The number of rotatable bonds is 4. The van der Waals surface area contributed by atoms with Crippen molar-refractivity contribution in [1.29, 1.82) is 0 Å². The maximum absolute atomic E-state index is 12.4. The molecular formula is C12H11Cl2F2NOS. The first-order valence-corrected chi connectivity index (χ1v) is 7.13. The molecule has 1 saturated carbocycles. The molecule has 7 heteroatoms. The highest BCUT2D eigenvalue weighted by atomic mass is 35.5. The van der Waals surface area contributed by atoms with Crippen LogP contribution in [0.4, 0.5) is 14.5 Å². The zero-order valence-corrected chi connectivity index (χ0v) is 12.3. The summed E-state index contributed by atoms with van der Waals surface area (Å²) < 4.78 is 23.7. The van der Waals surface area contributed by atoms with Crippen molar-refractivity contribution in [2.45, 2.75) is 28.3 Å². The number of thioether (sulfide) groups is 1. The fourth-order valence-electron chi connectivity index (χ4n) is 1.68. The molecule has 2 nitrogen and oxygen atoms in total. The van der Waals surface area contributed by atoms with Crippen molar-refractivity contribution in [3.05, 3.63) is 24.3 Å². The van der Waals surface area contributed by atoms with Crippen molar-refractivity contribution in [2.24, 2.45) is 5.41 Å². The topological polar surface area (TPSA) is 29.1 Å². The van der Waals surface area contributed by atoms with Crippen molar-refractivity contribution in [3.8, 4) is 0 Å². The highest BCUT2D eigenvalue weighted by molar-refractivity contribution is 7.99. The van der Waals surface area contributed by atoms with Gasteiger partial charge in [-0.05, 0) is 25.5 Å². The summed E-state index contributed by atoms with van der Waals surface area (Å²) in [5.74, 6) is -2.91. The van der Waals surface area contributed by atoms with Gasteiger partial charge in [-0.2, -0.15) is 8.78 Å². The predicted molar refractivity (Wildman–Crippen MR) is 74.1 cm³/mol. The first-order chi connectivity index (χ1) is 8.76. The number of anilines is 1. The van der Waals surface area contributed by atoms with Crippen LogP contribution in [0.1, 0.15) is 13.3 Å². The van der Waals surface area contributed by atoms with E-state index in [1.165, 1.54) is 6.07 Å². The van der Waals surface area contributed by atoms with Gasteiger partial charge >= 0.3 is 0 Å². The summed E-state index contributed by atoms with van der Waals surface area (Å²) >= 11 is 12.2. The van der Waals surface area contributed by atoms with E-state index in [2.05, 4.69) is 5.32 Å². The van der Waals surface area contributed by atoms with Crippen LogP contribution in [-0.4, -0.2) is 16.0 Å². The van der Waals surface area contributed by atoms with E-state index in [4.69, 9.17) is 23.2 Å². The number of alkyl halides is 4. The third-order valence-electron chi connectivity index (χ3n) is 3.11. The lowest BCUT2D eigenvalue weighted by atomic mass is 10.1. The van der Waals surface area contributed by atoms with Crippen molar-refractivity contribution in [3.63, 3.8) is 0 Å². The van der Waals surface area contributed by atoms with Crippen molar-refractivity contribution in [1.82, 2.24) is 0 Å². The Morgan fingerprint density at radius 3 is 2.53 bits per heavy atom. The van der Waals surface area contributed by atoms with Crippen LogP contribution in [0.2, 0.25) is 0 Å². The molecule has 1 atom stereocenters. The number of halogens is 4. The summed E-state index contributed by atoms with van der Waals surface area (Å²) in [6.07, 6.45) is 0.346. The van der Waals surface area contributed by atoms with Gasteiger partial charge in [0.15, 0.2) is 0 Å². The lowest BCUT2D eigenvalue weighted by Crippen LogP contribution is -2.26. The predicted octanol–water partition coefficient (Wildman–Crippen LogP) is 4.52. The summed E-state index contributed by atoms with van der Waals surface area (Å²) in [4.78, 5) is 12.4. The zero-order chi connectivity index (χ0) is 14.3. The van der Waals surface area contributed by atoms with Gasteiger partial charge < -0.3 is 5.32 Å². The standard InChI is InChI=1S/C12H11Cl2F2NOS/c1-11(6-12(11,13)14)9(18)17-7-4-2-3-5-8(7)19-10(15)16/h2-5,10H,6H2,1H3,(H,17,18). The van der Waals surface area contributed by atoms with Crippen LogP contribution in [0.25, 0.3) is 0 Å². The number of carbonyl (C=O) groups excluding carboxylic acids is 1. The van der Waals surface area contributed by atoms with Crippen LogP contribution in [-0.2, 0) is 4.79 Å². The zero-order valence-electron chi connectivity index (χ0n) is 9.92. The quantitative estimate of drug-likeness (QED) is 0.651. The van der Waals surface area contributed by atoms with Crippen LogP contribution < -0.4 is 5.32 Å². The summed E-state index contributed by atoms with van der Waals surface area (Å²) in [6.45, 7) is 1.64. The Labute approximate surface area is 123 Å². The van der Waals surface area contributed by atoms with Crippen LogP contribution in [0, 0.1) is 5.41 Å². The summed E-state index contributed by atoms with van der Waals surface area (Å²) in [5.41, 5.74) is -0.534. The Morgan fingerprint density at radius 1 is 1.42 bits per heavy atom. The minimum atomic E-state index is -2.55. The highest BCUT2D eigenvalue weighted by Crippen LogP contribution is 2.64. The number of carbonyl (C=O) groups is 1. The van der Waals surface area contributed by atoms with Crippen molar-refractivity contribution in [2.75, 3.05) is 5.32 Å². The van der Waals surface area contributed by atoms with Gasteiger partial charge in [-0.3, -0.25) is 4.79 Å². The molecule has 104 valence electrons. The minimum Gasteiger partial charge on any atom is -0.324 e. The third kappa shape index (κ3) is 2.98. The molecule has 0 spiro atoms. The Morgan fingerprint density at radius 2 is 2.00 bits per heavy atom. The van der Waals surface area contributed by atoms with E-state index in [-0.39, 0.29) is 5.91 Å². The number of benzene rings is 1. The van der Waals surface area contributed by atoms with Crippen molar-refractivity contribution < 1.29 is 13.6 Å². The van der Waals surface area contributed by atoms with Gasteiger partial charge in [-0.25, -0.2) is 0 Å². The maximum Gasteiger partial charge on any atom is 0.288 e. The monoisotopic (exact) mass is 325 g/mol. The van der Waals surface area contributed by atoms with E-state index in [0.717, 1.165) is 0 Å². The van der Waals surface area contributed by atoms with Gasteiger partial charge in [0.2, 0.25) is 5.91 Å².